The SMILES string of the molecule is Cc1ccc(C(C)C)c(OCC(=O)N2CCC(CN3CCOCC3)CC2)c1. The van der Waals surface area contributed by atoms with Gasteiger partial charge in [0.25, 0.3) is 5.91 Å². The first-order valence-corrected chi connectivity index (χ1v) is 10.3. The van der Waals surface area contributed by atoms with Gasteiger partial charge in [0, 0.05) is 32.7 Å². The third kappa shape index (κ3) is 5.69. The van der Waals surface area contributed by atoms with Gasteiger partial charge in [-0.05, 0) is 48.8 Å². The van der Waals surface area contributed by atoms with Gasteiger partial charge in [0.1, 0.15) is 5.75 Å². The number of carbonyl (C=O) groups excluding carboxylic acids is 1. The minimum absolute atomic E-state index is 0.107. The van der Waals surface area contributed by atoms with E-state index in [2.05, 4.69) is 37.8 Å². The summed E-state index contributed by atoms with van der Waals surface area (Å²) in [5.41, 5.74) is 2.32. The lowest BCUT2D eigenvalue weighted by Crippen LogP contribution is -2.45. The molecule has 0 N–H and O–H groups in total. The highest BCUT2D eigenvalue weighted by molar-refractivity contribution is 5.77. The highest BCUT2D eigenvalue weighted by Crippen LogP contribution is 2.27. The fourth-order valence-corrected chi connectivity index (χ4v) is 3.99. The smallest absolute Gasteiger partial charge is 0.260 e. The second-order valence-corrected chi connectivity index (χ2v) is 8.22. The lowest BCUT2D eigenvalue weighted by Gasteiger charge is -2.36. The Labute approximate surface area is 163 Å². The number of hydrogen-bond acceptors (Lipinski definition) is 4. The number of aryl methyl sites for hydroxylation is 1. The average Bonchev–Trinajstić information content (AvgIpc) is 2.67. The Morgan fingerprint density at radius 3 is 2.56 bits per heavy atom. The normalized spacial score (nSPS) is 19.5. The second kappa shape index (κ2) is 9.56. The van der Waals surface area contributed by atoms with E-state index in [0.717, 1.165) is 75.7 Å². The Hall–Kier alpha value is -1.59. The lowest BCUT2D eigenvalue weighted by molar-refractivity contribution is -0.134. The van der Waals surface area contributed by atoms with Crippen LogP contribution in [0.25, 0.3) is 0 Å². The molecule has 2 fully saturated rings. The molecule has 0 aromatic heterocycles. The summed E-state index contributed by atoms with van der Waals surface area (Å²) in [6.07, 6.45) is 2.18. The molecule has 0 atom stereocenters. The molecule has 2 aliphatic heterocycles. The summed E-state index contributed by atoms with van der Waals surface area (Å²) >= 11 is 0. The van der Waals surface area contributed by atoms with Crippen LogP contribution in [0.2, 0.25) is 0 Å². The van der Waals surface area contributed by atoms with Gasteiger partial charge in [0.2, 0.25) is 0 Å². The molecule has 0 radical (unpaired) electrons. The predicted molar refractivity (Wildman–Crippen MR) is 107 cm³/mol. The van der Waals surface area contributed by atoms with Crippen molar-refractivity contribution in [2.75, 3.05) is 52.5 Å². The van der Waals surface area contributed by atoms with Gasteiger partial charge in [-0.25, -0.2) is 0 Å². The van der Waals surface area contributed by atoms with Crippen molar-refractivity contribution in [3.63, 3.8) is 0 Å². The maximum Gasteiger partial charge on any atom is 0.260 e. The first kappa shape index (κ1) is 20.2. The number of benzene rings is 1. The number of rotatable bonds is 6. The van der Waals surface area contributed by atoms with Crippen LogP contribution in [0.15, 0.2) is 18.2 Å². The molecule has 5 nitrogen and oxygen atoms in total. The Bertz CT molecular complexity index is 618. The summed E-state index contributed by atoms with van der Waals surface area (Å²) in [4.78, 5) is 17.1. The summed E-state index contributed by atoms with van der Waals surface area (Å²) in [7, 11) is 0. The predicted octanol–water partition coefficient (Wildman–Crippen LogP) is 3.07. The number of amides is 1. The second-order valence-electron chi connectivity index (χ2n) is 8.22. The fourth-order valence-electron chi connectivity index (χ4n) is 3.99. The van der Waals surface area contributed by atoms with Crippen molar-refractivity contribution in [3.8, 4) is 5.75 Å². The quantitative estimate of drug-likeness (QED) is 0.767. The number of ether oxygens (including phenoxy) is 2. The van der Waals surface area contributed by atoms with Crippen molar-refractivity contribution in [1.82, 2.24) is 9.80 Å². The molecule has 1 aromatic rings. The molecule has 0 aliphatic carbocycles. The molecule has 0 unspecified atom stereocenters. The Morgan fingerprint density at radius 2 is 1.89 bits per heavy atom. The number of morpholine rings is 1. The molecule has 2 aliphatic rings. The molecule has 1 amide bonds. The number of carbonyl (C=O) groups is 1. The standard InChI is InChI=1S/C22H34N2O3/c1-17(2)20-5-4-18(3)14-21(20)27-16-22(25)24-8-6-19(7-9-24)15-23-10-12-26-13-11-23/h4-5,14,17,19H,6-13,15-16H2,1-3H3. The van der Waals surface area contributed by atoms with Crippen LogP contribution < -0.4 is 4.74 Å². The van der Waals surface area contributed by atoms with Gasteiger partial charge in [-0.3, -0.25) is 9.69 Å². The van der Waals surface area contributed by atoms with E-state index in [9.17, 15) is 4.79 Å². The van der Waals surface area contributed by atoms with Gasteiger partial charge in [0.15, 0.2) is 6.61 Å². The third-order valence-corrected chi connectivity index (χ3v) is 5.73. The van der Waals surface area contributed by atoms with Gasteiger partial charge < -0.3 is 14.4 Å². The van der Waals surface area contributed by atoms with E-state index in [1.165, 1.54) is 0 Å². The number of hydrogen-bond donors (Lipinski definition) is 0. The first-order valence-electron chi connectivity index (χ1n) is 10.3. The third-order valence-electron chi connectivity index (χ3n) is 5.73. The van der Waals surface area contributed by atoms with Crippen molar-refractivity contribution in [2.24, 2.45) is 5.92 Å². The number of piperidine rings is 1. The zero-order valence-electron chi connectivity index (χ0n) is 17.1. The summed E-state index contributed by atoms with van der Waals surface area (Å²) in [5, 5.41) is 0. The van der Waals surface area contributed by atoms with E-state index in [1.54, 1.807) is 0 Å². The highest BCUT2D eigenvalue weighted by Gasteiger charge is 2.25. The molecule has 0 spiro atoms. The number of nitrogens with zero attached hydrogens (tertiary/aromatic N) is 2. The Kier molecular flexibility index (Phi) is 7.13. The monoisotopic (exact) mass is 374 g/mol. The van der Waals surface area contributed by atoms with Crippen LogP contribution >= 0.6 is 0 Å². The van der Waals surface area contributed by atoms with E-state index >= 15 is 0 Å². The van der Waals surface area contributed by atoms with Crippen LogP contribution in [0, 0.1) is 12.8 Å². The van der Waals surface area contributed by atoms with Gasteiger partial charge in [-0.1, -0.05) is 26.0 Å². The minimum atomic E-state index is 0.107. The highest BCUT2D eigenvalue weighted by atomic mass is 16.5. The first-order chi connectivity index (χ1) is 13.0. The molecule has 5 heteroatoms. The summed E-state index contributed by atoms with van der Waals surface area (Å²) in [6.45, 7) is 13.1. The van der Waals surface area contributed by atoms with Gasteiger partial charge in [0.05, 0.1) is 13.2 Å². The molecule has 150 valence electrons. The zero-order chi connectivity index (χ0) is 19.2. The molecule has 27 heavy (non-hydrogen) atoms. The number of likely N-dealkylation sites (tertiary alicyclic amines) is 1. The summed E-state index contributed by atoms with van der Waals surface area (Å²) < 4.78 is 11.4. The van der Waals surface area contributed by atoms with E-state index in [4.69, 9.17) is 9.47 Å². The largest absolute Gasteiger partial charge is 0.483 e. The summed E-state index contributed by atoms with van der Waals surface area (Å²) in [5.74, 6) is 2.03. The van der Waals surface area contributed by atoms with Crippen molar-refractivity contribution in [3.05, 3.63) is 29.3 Å². The summed E-state index contributed by atoms with van der Waals surface area (Å²) in [6, 6.07) is 6.25. The zero-order valence-corrected chi connectivity index (χ0v) is 17.1. The van der Waals surface area contributed by atoms with Crippen LogP contribution in [-0.4, -0.2) is 68.3 Å². The van der Waals surface area contributed by atoms with E-state index in [-0.39, 0.29) is 12.5 Å². The molecule has 0 saturated carbocycles. The molecule has 0 bridgehead atoms. The Balaban J connectivity index is 1.45. The van der Waals surface area contributed by atoms with E-state index in [1.807, 2.05) is 11.0 Å². The molecule has 3 rings (SSSR count). The van der Waals surface area contributed by atoms with Crippen LogP contribution in [0.3, 0.4) is 0 Å². The minimum Gasteiger partial charge on any atom is -0.483 e. The Morgan fingerprint density at radius 1 is 1.19 bits per heavy atom. The van der Waals surface area contributed by atoms with Crippen LogP contribution in [-0.2, 0) is 9.53 Å². The average molecular weight is 375 g/mol. The lowest BCUT2D eigenvalue weighted by atomic mass is 9.96. The van der Waals surface area contributed by atoms with Crippen LogP contribution in [0.4, 0.5) is 0 Å². The van der Waals surface area contributed by atoms with Gasteiger partial charge >= 0.3 is 0 Å². The molecule has 2 saturated heterocycles. The maximum atomic E-state index is 12.6. The van der Waals surface area contributed by atoms with Crippen molar-refractivity contribution in [1.29, 1.82) is 0 Å². The molecular formula is C22H34N2O3. The molecule has 1 aromatic carbocycles. The van der Waals surface area contributed by atoms with Crippen molar-refractivity contribution >= 4 is 5.91 Å². The van der Waals surface area contributed by atoms with Gasteiger partial charge in [-0.2, -0.15) is 0 Å². The van der Waals surface area contributed by atoms with E-state index < -0.39 is 0 Å². The van der Waals surface area contributed by atoms with E-state index in [0.29, 0.717) is 11.8 Å². The maximum absolute atomic E-state index is 12.6. The van der Waals surface area contributed by atoms with Crippen molar-refractivity contribution in [2.45, 2.75) is 39.5 Å². The molecule has 2 heterocycles. The topological polar surface area (TPSA) is 42.0 Å². The van der Waals surface area contributed by atoms with Gasteiger partial charge in [-0.15, -0.1) is 0 Å². The van der Waals surface area contributed by atoms with Crippen LogP contribution in [0.5, 0.6) is 5.75 Å². The fraction of sp³-hybridized carbons (Fsp3) is 0.682. The molecular weight excluding hydrogens is 340 g/mol. The van der Waals surface area contributed by atoms with Crippen molar-refractivity contribution < 1.29 is 14.3 Å². The van der Waals surface area contributed by atoms with Crippen LogP contribution in [0.1, 0.15) is 43.7 Å².